The molecule has 1 rings (SSSR count). The number of hydrogen-bond donors (Lipinski definition) is 1. The SMILES string of the molecule is O=C(NCc1ccc(C(F)(F)F)cc1)C(F)(F)F. The van der Waals surface area contributed by atoms with Crippen LogP contribution in [0.3, 0.4) is 0 Å². The van der Waals surface area contributed by atoms with Crippen LogP contribution < -0.4 is 5.32 Å². The predicted octanol–water partition coefficient (Wildman–Crippen LogP) is 2.88. The molecular weight excluding hydrogens is 264 g/mol. The molecule has 1 amide bonds. The molecule has 0 saturated heterocycles. The summed E-state index contributed by atoms with van der Waals surface area (Å²) in [5.74, 6) is -2.14. The molecule has 0 aliphatic rings. The Morgan fingerprint density at radius 1 is 1.00 bits per heavy atom. The summed E-state index contributed by atoms with van der Waals surface area (Å²) in [5, 5.41) is 1.55. The summed E-state index contributed by atoms with van der Waals surface area (Å²) in [6, 6.07) is 3.46. The molecule has 0 fully saturated rings. The summed E-state index contributed by atoms with van der Waals surface area (Å²) < 4.78 is 71.9. The van der Waals surface area contributed by atoms with Gasteiger partial charge in [-0.1, -0.05) is 12.1 Å². The summed E-state index contributed by atoms with van der Waals surface area (Å²) in [7, 11) is 0. The Labute approximate surface area is 97.6 Å². The fourth-order valence-electron chi connectivity index (χ4n) is 1.09. The van der Waals surface area contributed by atoms with Gasteiger partial charge in [0.05, 0.1) is 5.56 Å². The molecule has 0 aromatic heterocycles. The van der Waals surface area contributed by atoms with Crippen molar-refractivity contribution in [2.45, 2.75) is 18.9 Å². The van der Waals surface area contributed by atoms with Gasteiger partial charge in [0, 0.05) is 6.54 Å². The monoisotopic (exact) mass is 271 g/mol. The van der Waals surface area contributed by atoms with E-state index in [1.165, 1.54) is 0 Å². The van der Waals surface area contributed by atoms with Crippen molar-refractivity contribution in [1.29, 1.82) is 0 Å². The highest BCUT2D eigenvalue weighted by Gasteiger charge is 2.38. The molecule has 0 aliphatic heterocycles. The summed E-state index contributed by atoms with van der Waals surface area (Å²) in [4.78, 5) is 10.4. The van der Waals surface area contributed by atoms with Crippen molar-refractivity contribution in [3.8, 4) is 0 Å². The first kappa shape index (κ1) is 14.3. The number of rotatable bonds is 2. The van der Waals surface area contributed by atoms with Gasteiger partial charge in [-0.05, 0) is 17.7 Å². The summed E-state index contributed by atoms with van der Waals surface area (Å²) >= 11 is 0. The molecular formula is C10H7F6NO. The van der Waals surface area contributed by atoms with Crippen LogP contribution in [0.1, 0.15) is 11.1 Å². The number of halogens is 6. The van der Waals surface area contributed by atoms with Crippen LogP contribution >= 0.6 is 0 Å². The molecule has 0 saturated carbocycles. The van der Waals surface area contributed by atoms with Gasteiger partial charge in [0.25, 0.3) is 0 Å². The molecule has 8 heteroatoms. The molecule has 1 aromatic carbocycles. The first-order valence-corrected chi connectivity index (χ1v) is 4.62. The lowest BCUT2D eigenvalue weighted by atomic mass is 10.1. The number of carbonyl (C=O) groups excluding carboxylic acids is 1. The number of hydrogen-bond acceptors (Lipinski definition) is 1. The third-order valence-corrected chi connectivity index (χ3v) is 1.99. The Morgan fingerprint density at radius 2 is 1.50 bits per heavy atom. The largest absolute Gasteiger partial charge is 0.471 e. The van der Waals surface area contributed by atoms with Gasteiger partial charge in [0.1, 0.15) is 0 Å². The Bertz CT molecular complexity index is 419. The molecule has 0 aliphatic carbocycles. The average molecular weight is 271 g/mol. The Hall–Kier alpha value is -1.73. The lowest BCUT2D eigenvalue weighted by Crippen LogP contribution is -2.36. The first-order chi connectivity index (χ1) is 8.10. The summed E-state index contributed by atoms with van der Waals surface area (Å²) in [5.41, 5.74) is -0.769. The van der Waals surface area contributed by atoms with E-state index in [0.29, 0.717) is 0 Å². The van der Waals surface area contributed by atoms with Crippen molar-refractivity contribution in [2.24, 2.45) is 0 Å². The van der Waals surface area contributed by atoms with Crippen molar-refractivity contribution in [3.63, 3.8) is 0 Å². The Kier molecular flexibility index (Phi) is 3.88. The summed E-state index contributed by atoms with van der Waals surface area (Å²) in [6.45, 7) is -0.490. The van der Waals surface area contributed by atoms with Crippen molar-refractivity contribution in [1.82, 2.24) is 5.32 Å². The van der Waals surface area contributed by atoms with Crippen molar-refractivity contribution < 1.29 is 31.1 Å². The van der Waals surface area contributed by atoms with Crippen LogP contribution in [-0.4, -0.2) is 12.1 Å². The zero-order valence-corrected chi connectivity index (χ0v) is 8.69. The van der Waals surface area contributed by atoms with Gasteiger partial charge in [-0.2, -0.15) is 26.3 Å². The van der Waals surface area contributed by atoms with Gasteiger partial charge in [-0.15, -0.1) is 0 Å². The van der Waals surface area contributed by atoms with E-state index in [2.05, 4.69) is 0 Å². The fourth-order valence-corrected chi connectivity index (χ4v) is 1.09. The molecule has 1 aromatic rings. The number of nitrogens with one attached hydrogen (secondary N) is 1. The maximum Gasteiger partial charge on any atom is 0.471 e. The fraction of sp³-hybridized carbons (Fsp3) is 0.300. The number of amides is 1. The molecule has 0 unspecified atom stereocenters. The minimum atomic E-state index is -5.01. The maximum absolute atomic E-state index is 12.2. The van der Waals surface area contributed by atoms with Crippen molar-refractivity contribution >= 4 is 5.91 Å². The summed E-state index contributed by atoms with van der Waals surface area (Å²) in [6.07, 6.45) is -9.51. The van der Waals surface area contributed by atoms with Gasteiger partial charge in [-0.3, -0.25) is 4.79 Å². The van der Waals surface area contributed by atoms with Gasteiger partial charge in [0.2, 0.25) is 0 Å². The third kappa shape index (κ3) is 3.94. The van der Waals surface area contributed by atoms with E-state index in [1.807, 2.05) is 0 Å². The quantitative estimate of drug-likeness (QED) is 0.823. The van der Waals surface area contributed by atoms with E-state index in [0.717, 1.165) is 24.3 Å². The number of carbonyl (C=O) groups is 1. The van der Waals surface area contributed by atoms with Gasteiger partial charge < -0.3 is 5.32 Å². The molecule has 18 heavy (non-hydrogen) atoms. The second kappa shape index (κ2) is 4.87. The van der Waals surface area contributed by atoms with Crippen molar-refractivity contribution in [2.75, 3.05) is 0 Å². The topological polar surface area (TPSA) is 29.1 Å². The molecule has 100 valence electrons. The third-order valence-electron chi connectivity index (χ3n) is 1.99. The lowest BCUT2D eigenvalue weighted by molar-refractivity contribution is -0.173. The highest BCUT2D eigenvalue weighted by molar-refractivity contribution is 5.81. The second-order valence-electron chi connectivity index (χ2n) is 3.38. The normalized spacial score (nSPS) is 12.3. The average Bonchev–Trinajstić information content (AvgIpc) is 2.24. The number of benzene rings is 1. The smallest absolute Gasteiger partial charge is 0.344 e. The molecule has 2 nitrogen and oxygen atoms in total. The van der Waals surface area contributed by atoms with E-state index in [1.54, 1.807) is 5.32 Å². The van der Waals surface area contributed by atoms with E-state index in [4.69, 9.17) is 0 Å². The van der Waals surface area contributed by atoms with Crippen LogP contribution in [0.15, 0.2) is 24.3 Å². The highest BCUT2D eigenvalue weighted by Crippen LogP contribution is 2.29. The van der Waals surface area contributed by atoms with E-state index in [9.17, 15) is 31.1 Å². The van der Waals surface area contributed by atoms with Crippen LogP contribution in [0.2, 0.25) is 0 Å². The molecule has 0 radical (unpaired) electrons. The highest BCUT2D eigenvalue weighted by atomic mass is 19.4. The minimum Gasteiger partial charge on any atom is -0.344 e. The van der Waals surface area contributed by atoms with Crippen LogP contribution in [0.5, 0.6) is 0 Å². The van der Waals surface area contributed by atoms with Crippen LogP contribution in [0, 0.1) is 0 Å². The number of alkyl halides is 6. The zero-order valence-electron chi connectivity index (χ0n) is 8.69. The van der Waals surface area contributed by atoms with E-state index in [-0.39, 0.29) is 5.56 Å². The lowest BCUT2D eigenvalue weighted by Gasteiger charge is -2.09. The molecule has 1 N–H and O–H groups in total. The molecule has 0 heterocycles. The van der Waals surface area contributed by atoms with Crippen LogP contribution in [0.25, 0.3) is 0 Å². The van der Waals surface area contributed by atoms with Crippen molar-refractivity contribution in [3.05, 3.63) is 35.4 Å². The van der Waals surface area contributed by atoms with E-state index < -0.39 is 30.4 Å². The maximum atomic E-state index is 12.2. The van der Waals surface area contributed by atoms with Gasteiger partial charge in [-0.25, -0.2) is 0 Å². The Morgan fingerprint density at radius 3 is 1.89 bits per heavy atom. The van der Waals surface area contributed by atoms with Crippen LogP contribution in [0.4, 0.5) is 26.3 Å². The molecule has 0 spiro atoms. The predicted molar refractivity (Wildman–Crippen MR) is 49.3 cm³/mol. The van der Waals surface area contributed by atoms with Crippen LogP contribution in [-0.2, 0) is 17.5 Å². The first-order valence-electron chi connectivity index (χ1n) is 4.62. The molecule has 0 bridgehead atoms. The zero-order chi connectivity index (χ0) is 14.0. The Balaban J connectivity index is 2.63. The molecule has 0 atom stereocenters. The van der Waals surface area contributed by atoms with Gasteiger partial charge in [0.15, 0.2) is 0 Å². The van der Waals surface area contributed by atoms with Gasteiger partial charge >= 0.3 is 18.3 Å². The minimum absolute atomic E-state index is 0.139. The van der Waals surface area contributed by atoms with E-state index >= 15 is 0 Å². The second-order valence-corrected chi connectivity index (χ2v) is 3.38. The standard InChI is InChI=1S/C10H7F6NO/c11-9(12,13)7-3-1-6(2-4-7)5-17-8(18)10(14,15)16/h1-4H,5H2,(H,17,18).